The number of pyridine rings is 1. The van der Waals surface area contributed by atoms with Gasteiger partial charge in [-0.3, -0.25) is 0 Å². The molecule has 2 heterocycles. The van der Waals surface area contributed by atoms with Gasteiger partial charge < -0.3 is 5.32 Å². The van der Waals surface area contributed by atoms with Crippen LogP contribution in [-0.4, -0.2) is 16.5 Å². The van der Waals surface area contributed by atoms with Crippen molar-refractivity contribution < 1.29 is 0 Å². The number of nitrogens with zero attached hydrogens (tertiary/aromatic N) is 2. The van der Waals surface area contributed by atoms with Crippen LogP contribution in [0.5, 0.6) is 0 Å². The van der Waals surface area contributed by atoms with E-state index < -0.39 is 0 Å². The molecule has 0 spiro atoms. The number of thiazole rings is 1. The highest BCUT2D eigenvalue weighted by Gasteiger charge is 2.07. The predicted octanol–water partition coefficient (Wildman–Crippen LogP) is 4.15. The minimum absolute atomic E-state index is 0.243. The molecule has 0 atom stereocenters. The number of anilines is 1. The smallest absolute Gasteiger partial charge is 0.150 e. The third-order valence-corrected chi connectivity index (χ3v) is 3.80. The molecule has 17 heavy (non-hydrogen) atoms. The van der Waals surface area contributed by atoms with Gasteiger partial charge >= 0.3 is 0 Å². The molecule has 0 bridgehead atoms. The molecular formula is C10H8Cl3N3S. The maximum Gasteiger partial charge on any atom is 0.150 e. The van der Waals surface area contributed by atoms with E-state index in [9.17, 15) is 0 Å². The van der Waals surface area contributed by atoms with Crippen molar-refractivity contribution in [3.05, 3.63) is 37.8 Å². The number of rotatable bonds is 4. The molecule has 0 aliphatic rings. The Kier molecular flexibility index (Phi) is 4.45. The van der Waals surface area contributed by atoms with Crippen LogP contribution >= 0.6 is 46.1 Å². The Morgan fingerprint density at radius 2 is 2.06 bits per heavy atom. The standard InChI is InChI=1S/C10H8Cl3N3S/c11-6-5-7(12)10(16-9(6)13)15-2-1-8-14-3-4-17-8/h3-5H,1-2H2,(H,15,16). The first-order valence-corrected chi connectivity index (χ1v) is 6.82. The van der Waals surface area contributed by atoms with Crippen LogP contribution in [-0.2, 0) is 6.42 Å². The monoisotopic (exact) mass is 307 g/mol. The molecule has 7 heteroatoms. The molecule has 2 aromatic heterocycles. The van der Waals surface area contributed by atoms with Crippen LogP contribution in [0.25, 0.3) is 0 Å². The van der Waals surface area contributed by atoms with E-state index in [1.54, 1.807) is 23.6 Å². The molecule has 0 amide bonds. The average molecular weight is 309 g/mol. The minimum Gasteiger partial charge on any atom is -0.368 e. The average Bonchev–Trinajstić information content (AvgIpc) is 2.78. The van der Waals surface area contributed by atoms with Crippen LogP contribution in [0.15, 0.2) is 17.6 Å². The van der Waals surface area contributed by atoms with Crippen molar-refractivity contribution >= 4 is 52.0 Å². The van der Waals surface area contributed by atoms with Gasteiger partial charge in [-0.2, -0.15) is 0 Å². The Bertz CT molecular complexity index is 502. The topological polar surface area (TPSA) is 37.8 Å². The van der Waals surface area contributed by atoms with Crippen molar-refractivity contribution in [1.82, 2.24) is 9.97 Å². The van der Waals surface area contributed by atoms with Gasteiger partial charge in [0.15, 0.2) is 0 Å². The SMILES string of the molecule is Clc1cc(Cl)c(NCCc2nccs2)nc1Cl. The second kappa shape index (κ2) is 5.87. The van der Waals surface area contributed by atoms with E-state index in [0.29, 0.717) is 22.4 Å². The highest BCUT2D eigenvalue weighted by molar-refractivity contribution is 7.09. The molecule has 0 aromatic carbocycles. The van der Waals surface area contributed by atoms with Gasteiger partial charge in [-0.1, -0.05) is 34.8 Å². The van der Waals surface area contributed by atoms with Gasteiger partial charge in [-0.25, -0.2) is 9.97 Å². The van der Waals surface area contributed by atoms with Gasteiger partial charge in [0.05, 0.1) is 15.1 Å². The maximum atomic E-state index is 5.98. The number of aromatic nitrogens is 2. The summed E-state index contributed by atoms with van der Waals surface area (Å²) in [6.07, 6.45) is 2.60. The van der Waals surface area contributed by atoms with Crippen molar-refractivity contribution in [3.8, 4) is 0 Å². The third-order valence-electron chi connectivity index (χ3n) is 2.00. The van der Waals surface area contributed by atoms with Gasteiger partial charge in [0.1, 0.15) is 11.0 Å². The number of halogens is 3. The van der Waals surface area contributed by atoms with Gasteiger partial charge in [0.25, 0.3) is 0 Å². The van der Waals surface area contributed by atoms with Crippen LogP contribution < -0.4 is 5.32 Å². The number of nitrogens with one attached hydrogen (secondary N) is 1. The molecule has 0 aliphatic carbocycles. The largest absolute Gasteiger partial charge is 0.368 e. The summed E-state index contributed by atoms with van der Waals surface area (Å²) in [6.45, 7) is 0.693. The quantitative estimate of drug-likeness (QED) is 0.862. The Morgan fingerprint density at radius 3 is 2.76 bits per heavy atom. The summed E-state index contributed by atoms with van der Waals surface area (Å²) in [5.74, 6) is 0.539. The Morgan fingerprint density at radius 1 is 1.24 bits per heavy atom. The van der Waals surface area contributed by atoms with Crippen molar-refractivity contribution in [2.75, 3.05) is 11.9 Å². The van der Waals surface area contributed by atoms with Crippen LogP contribution in [0.1, 0.15) is 5.01 Å². The number of hydrogen-bond donors (Lipinski definition) is 1. The van der Waals surface area contributed by atoms with E-state index in [-0.39, 0.29) is 5.15 Å². The van der Waals surface area contributed by atoms with E-state index in [4.69, 9.17) is 34.8 Å². The lowest BCUT2D eigenvalue weighted by atomic mass is 10.4. The molecule has 1 N–H and O–H groups in total. The molecular weight excluding hydrogens is 301 g/mol. The zero-order chi connectivity index (χ0) is 12.3. The summed E-state index contributed by atoms with van der Waals surface area (Å²) >= 11 is 19.2. The van der Waals surface area contributed by atoms with Gasteiger partial charge in [-0.05, 0) is 6.07 Å². The van der Waals surface area contributed by atoms with Gasteiger partial charge in [0, 0.05) is 24.5 Å². The van der Waals surface area contributed by atoms with Crippen LogP contribution in [0.3, 0.4) is 0 Å². The molecule has 2 aromatic rings. The van der Waals surface area contributed by atoms with Crippen molar-refractivity contribution in [2.24, 2.45) is 0 Å². The summed E-state index contributed by atoms with van der Waals surface area (Å²) in [5, 5.41) is 7.16. The number of hydrogen-bond acceptors (Lipinski definition) is 4. The normalized spacial score (nSPS) is 10.5. The molecule has 0 unspecified atom stereocenters. The van der Waals surface area contributed by atoms with Gasteiger partial charge in [0.2, 0.25) is 0 Å². The molecule has 3 nitrogen and oxygen atoms in total. The van der Waals surface area contributed by atoms with Crippen LogP contribution in [0.2, 0.25) is 15.2 Å². The summed E-state index contributed by atoms with van der Waals surface area (Å²) in [5.41, 5.74) is 0. The summed E-state index contributed by atoms with van der Waals surface area (Å²) < 4.78 is 0. The lowest BCUT2D eigenvalue weighted by molar-refractivity contribution is 0.988. The molecule has 0 radical (unpaired) electrons. The molecule has 0 saturated carbocycles. The zero-order valence-corrected chi connectivity index (χ0v) is 11.7. The first kappa shape index (κ1) is 12.9. The fraction of sp³-hybridized carbons (Fsp3) is 0.200. The molecule has 90 valence electrons. The Hall–Kier alpha value is -0.550. The first-order chi connectivity index (χ1) is 8.16. The highest BCUT2D eigenvalue weighted by Crippen LogP contribution is 2.28. The van der Waals surface area contributed by atoms with Crippen molar-refractivity contribution in [3.63, 3.8) is 0 Å². The highest BCUT2D eigenvalue weighted by atomic mass is 35.5. The maximum absolute atomic E-state index is 5.98. The molecule has 0 fully saturated rings. The summed E-state index contributed by atoms with van der Waals surface area (Å²) in [6, 6.07) is 1.57. The first-order valence-electron chi connectivity index (χ1n) is 4.80. The van der Waals surface area contributed by atoms with Crippen molar-refractivity contribution in [1.29, 1.82) is 0 Å². The van der Waals surface area contributed by atoms with E-state index >= 15 is 0 Å². The molecule has 0 saturated heterocycles. The fourth-order valence-electron chi connectivity index (χ4n) is 1.23. The minimum atomic E-state index is 0.243. The predicted molar refractivity (Wildman–Crippen MR) is 73.6 cm³/mol. The van der Waals surface area contributed by atoms with E-state index in [0.717, 1.165) is 11.4 Å². The van der Waals surface area contributed by atoms with Gasteiger partial charge in [-0.15, -0.1) is 11.3 Å². The molecule has 2 rings (SSSR count). The summed E-state index contributed by atoms with van der Waals surface area (Å²) in [7, 11) is 0. The Balaban J connectivity index is 1.97. The van der Waals surface area contributed by atoms with Crippen LogP contribution in [0, 0.1) is 0 Å². The Labute approximate surface area is 118 Å². The molecule has 0 aliphatic heterocycles. The fourth-order valence-corrected chi connectivity index (χ4v) is 2.42. The lowest BCUT2D eigenvalue weighted by Crippen LogP contribution is -2.06. The lowest BCUT2D eigenvalue weighted by Gasteiger charge is -2.07. The second-order valence-corrected chi connectivity index (χ2v) is 5.35. The van der Waals surface area contributed by atoms with E-state index in [1.807, 2.05) is 5.38 Å². The van der Waals surface area contributed by atoms with E-state index in [1.165, 1.54) is 0 Å². The van der Waals surface area contributed by atoms with E-state index in [2.05, 4.69) is 15.3 Å². The zero-order valence-electron chi connectivity index (χ0n) is 8.58. The van der Waals surface area contributed by atoms with Crippen molar-refractivity contribution in [2.45, 2.75) is 6.42 Å². The van der Waals surface area contributed by atoms with Crippen LogP contribution in [0.4, 0.5) is 5.82 Å². The second-order valence-electron chi connectivity index (χ2n) is 3.19. The third kappa shape index (κ3) is 3.45. The summed E-state index contributed by atoms with van der Waals surface area (Å²) in [4.78, 5) is 8.24.